The van der Waals surface area contributed by atoms with Gasteiger partial charge in [0.25, 0.3) is 0 Å². The van der Waals surface area contributed by atoms with Crippen LogP contribution in [-0.4, -0.2) is 19.3 Å². The van der Waals surface area contributed by atoms with Gasteiger partial charge in [-0.05, 0) is 91.1 Å². The zero-order valence-corrected chi connectivity index (χ0v) is 33.3. The maximum Gasteiger partial charge on any atom is 2.00 e. The number of fused-ring (bicyclic) bond motifs is 3. The molecule has 0 amide bonds. The molecule has 5 nitrogen and oxygen atoms in total. The van der Waals surface area contributed by atoms with Crippen molar-refractivity contribution >= 4 is 21.8 Å². The van der Waals surface area contributed by atoms with Crippen LogP contribution in [0.4, 0.5) is 0 Å². The third-order valence-corrected chi connectivity index (χ3v) is 9.88. The van der Waals surface area contributed by atoms with Gasteiger partial charge in [0, 0.05) is 34.2 Å². The van der Waals surface area contributed by atoms with E-state index in [9.17, 15) is 0 Å². The normalized spacial score (nSPS) is 11.8. The van der Waals surface area contributed by atoms with E-state index in [0.717, 1.165) is 69.5 Å². The molecule has 0 radical (unpaired) electrons. The van der Waals surface area contributed by atoms with E-state index >= 15 is 0 Å². The summed E-state index contributed by atoms with van der Waals surface area (Å²) in [6.45, 7) is 19.9. The summed E-state index contributed by atoms with van der Waals surface area (Å²) in [5, 5.41) is 7.48. The summed E-state index contributed by atoms with van der Waals surface area (Å²) in [6.07, 6.45) is 5.26. The maximum atomic E-state index is 6.70. The fourth-order valence-corrected chi connectivity index (χ4v) is 7.36. The van der Waals surface area contributed by atoms with Gasteiger partial charge in [-0.2, -0.15) is 11.2 Å². The molecular weight excluding hydrogens is 731 g/mol. The number of aryl methyl sites for hydroxylation is 4. The molecular formula is C46H48N4OPd. The smallest absolute Gasteiger partial charge is 0.509 e. The summed E-state index contributed by atoms with van der Waals surface area (Å²) in [7, 11) is 0. The fourth-order valence-electron chi connectivity index (χ4n) is 7.36. The second-order valence-corrected chi connectivity index (χ2v) is 15.2. The van der Waals surface area contributed by atoms with Crippen molar-refractivity contribution in [1.82, 2.24) is 19.3 Å². The average molecular weight is 779 g/mol. The van der Waals surface area contributed by atoms with Gasteiger partial charge in [-0.15, -0.1) is 41.3 Å². The molecule has 52 heavy (non-hydrogen) atoms. The second-order valence-electron chi connectivity index (χ2n) is 15.2. The Hall–Kier alpha value is -4.50. The van der Waals surface area contributed by atoms with Crippen molar-refractivity contribution in [3.05, 3.63) is 131 Å². The molecule has 0 bridgehead atoms. The first-order valence-corrected chi connectivity index (χ1v) is 18.3. The molecule has 0 unspecified atom stereocenters. The number of ether oxygens (including phenoxy) is 1. The monoisotopic (exact) mass is 778 g/mol. The minimum absolute atomic E-state index is 0. The van der Waals surface area contributed by atoms with Crippen LogP contribution in [0.2, 0.25) is 0 Å². The number of nitrogens with zero attached hydrogens (tertiary/aromatic N) is 4. The Kier molecular flexibility index (Phi) is 10.6. The molecule has 0 aliphatic heterocycles. The molecule has 0 atom stereocenters. The number of hydrogen-bond donors (Lipinski definition) is 0. The van der Waals surface area contributed by atoms with Crippen LogP contribution in [0.25, 0.3) is 44.4 Å². The first kappa shape index (κ1) is 37.3. The van der Waals surface area contributed by atoms with Crippen molar-refractivity contribution in [1.29, 1.82) is 0 Å². The van der Waals surface area contributed by atoms with Crippen molar-refractivity contribution in [2.24, 2.45) is 0 Å². The van der Waals surface area contributed by atoms with Crippen LogP contribution in [0, 0.1) is 32.9 Å². The zero-order chi connectivity index (χ0) is 36.0. The van der Waals surface area contributed by atoms with Gasteiger partial charge in [0.1, 0.15) is 5.82 Å². The van der Waals surface area contributed by atoms with Gasteiger partial charge in [-0.1, -0.05) is 89.9 Å². The number of rotatable bonds is 9. The number of benzene rings is 4. The summed E-state index contributed by atoms with van der Waals surface area (Å²) in [4.78, 5) is 4.84. The summed E-state index contributed by atoms with van der Waals surface area (Å²) in [5.74, 6) is 2.42. The van der Waals surface area contributed by atoms with Gasteiger partial charge < -0.3 is 9.30 Å². The van der Waals surface area contributed by atoms with Crippen LogP contribution in [-0.2, 0) is 32.3 Å². The van der Waals surface area contributed by atoms with Crippen LogP contribution >= 0.6 is 0 Å². The van der Waals surface area contributed by atoms with E-state index in [4.69, 9.17) is 14.8 Å². The first-order chi connectivity index (χ1) is 24.4. The van der Waals surface area contributed by atoms with Crippen molar-refractivity contribution in [2.45, 2.75) is 92.9 Å². The number of pyridine rings is 1. The van der Waals surface area contributed by atoms with E-state index in [1.54, 1.807) is 0 Å². The van der Waals surface area contributed by atoms with Crippen LogP contribution < -0.4 is 4.74 Å². The van der Waals surface area contributed by atoms with Gasteiger partial charge in [-0.3, -0.25) is 4.68 Å². The van der Waals surface area contributed by atoms with E-state index < -0.39 is 0 Å². The second kappa shape index (κ2) is 14.9. The topological polar surface area (TPSA) is 44.9 Å². The minimum atomic E-state index is -0.192. The summed E-state index contributed by atoms with van der Waals surface area (Å²) in [6, 6.07) is 35.1. The van der Waals surface area contributed by atoms with Gasteiger partial charge in [-0.25, -0.2) is 4.98 Å². The largest absolute Gasteiger partial charge is 2.00 e. The molecule has 0 fully saturated rings. The average Bonchev–Trinajstić information content (AvgIpc) is 3.62. The third-order valence-electron chi connectivity index (χ3n) is 9.88. The Morgan fingerprint density at radius 1 is 0.808 bits per heavy atom. The maximum absolute atomic E-state index is 6.70. The molecule has 0 saturated carbocycles. The quantitative estimate of drug-likeness (QED) is 0.108. The molecule has 0 aliphatic carbocycles. The summed E-state index contributed by atoms with van der Waals surface area (Å²) in [5.41, 5.74) is 12.3. The number of para-hydroxylation sites is 1. The Morgan fingerprint density at radius 2 is 1.56 bits per heavy atom. The molecule has 0 saturated heterocycles. The molecule has 0 spiro atoms. The third kappa shape index (κ3) is 7.00. The molecule has 268 valence electrons. The van der Waals surface area contributed by atoms with Crippen LogP contribution in [0.15, 0.2) is 85.1 Å². The van der Waals surface area contributed by atoms with Crippen LogP contribution in [0.3, 0.4) is 0 Å². The minimum Gasteiger partial charge on any atom is -0.509 e. The molecule has 0 N–H and O–H groups in total. The molecule has 7 rings (SSSR count). The van der Waals surface area contributed by atoms with Crippen molar-refractivity contribution < 1.29 is 25.2 Å². The van der Waals surface area contributed by atoms with Crippen LogP contribution in [0.5, 0.6) is 11.5 Å². The fraction of sp³-hybridized carbons (Fsp3) is 0.304. The molecule has 7 aromatic rings. The zero-order valence-electron chi connectivity index (χ0n) is 31.8. The van der Waals surface area contributed by atoms with Gasteiger partial charge >= 0.3 is 20.4 Å². The molecule has 3 aromatic heterocycles. The van der Waals surface area contributed by atoms with Gasteiger partial charge in [0.15, 0.2) is 0 Å². The SMILES string of the molecule is CCCCc1ccnc(-n2c3[c-]c(Oc4[c-]c(-n5nc(C)c(-c6c(C)cccc6C)c5C(C)(C)C)cc(C(C)C)c4)ccc3c3ccccc32)c1.[Pd+2]. The number of hydrogen-bond acceptors (Lipinski definition) is 3. The summed E-state index contributed by atoms with van der Waals surface area (Å²) < 4.78 is 11.0. The van der Waals surface area contributed by atoms with Crippen LogP contribution in [0.1, 0.15) is 93.9 Å². The predicted molar refractivity (Wildman–Crippen MR) is 211 cm³/mol. The molecule has 0 aliphatic rings. The van der Waals surface area contributed by atoms with E-state index in [0.29, 0.717) is 11.5 Å². The van der Waals surface area contributed by atoms with Crippen molar-refractivity contribution in [2.75, 3.05) is 0 Å². The van der Waals surface area contributed by atoms with Gasteiger partial charge in [0.05, 0.1) is 11.4 Å². The summed E-state index contributed by atoms with van der Waals surface area (Å²) >= 11 is 0. The Balaban J connectivity index is 0.00000464. The first-order valence-electron chi connectivity index (χ1n) is 18.3. The Labute approximate surface area is 322 Å². The van der Waals surface area contributed by atoms with E-state index in [1.165, 1.54) is 27.8 Å². The van der Waals surface area contributed by atoms with Crippen molar-refractivity contribution in [3.63, 3.8) is 0 Å². The number of unbranched alkanes of at least 4 members (excludes halogenated alkanes) is 1. The van der Waals surface area contributed by atoms with E-state index in [2.05, 4.69) is 156 Å². The Morgan fingerprint density at radius 3 is 2.27 bits per heavy atom. The Bertz CT molecular complexity index is 2370. The molecule has 6 heteroatoms. The standard InChI is InChI=1S/C46H48N4O.Pd/c1-10-11-17-33-22-23-47-42(24-33)49-40-19-13-12-18-38(40)39-21-20-36(28-41(39)49)51-37-26-34(29(2)3)25-35(27-37)50-45(46(7,8)9)44(32(6)48-50)43-30(4)15-14-16-31(43)5;/h12-16,18-26,29H,10-11,17H2,1-9H3;/q-2;+2. The van der Waals surface area contributed by atoms with Crippen molar-refractivity contribution in [3.8, 4) is 34.1 Å². The number of aromatic nitrogens is 4. The molecule has 3 heterocycles. The predicted octanol–water partition coefficient (Wildman–Crippen LogP) is 12.1. The molecule has 4 aromatic carbocycles. The van der Waals surface area contributed by atoms with E-state index in [-0.39, 0.29) is 31.8 Å². The van der Waals surface area contributed by atoms with Gasteiger partial charge in [0.2, 0.25) is 0 Å². The van der Waals surface area contributed by atoms with E-state index in [1.807, 2.05) is 12.3 Å².